The lowest BCUT2D eigenvalue weighted by Crippen LogP contribution is -2.44. The van der Waals surface area contributed by atoms with Crippen LogP contribution in [0, 0.1) is 0 Å². The SMILES string of the molecule is COc1ccc2c(c1)C[N+](C)(OC)CCSO2. The number of nitrogens with zero attached hydrogens (tertiary/aromatic N) is 1. The molecule has 0 aromatic heterocycles. The average Bonchev–Trinajstić information content (AvgIpc) is 2.33. The van der Waals surface area contributed by atoms with Gasteiger partial charge in [0, 0.05) is 0 Å². The smallest absolute Gasteiger partial charge is 0.146 e. The molecule has 0 radical (unpaired) electrons. The van der Waals surface area contributed by atoms with Gasteiger partial charge in [-0.15, -0.1) is 0 Å². The summed E-state index contributed by atoms with van der Waals surface area (Å²) in [5.41, 5.74) is 1.11. The second-order valence-corrected chi connectivity index (χ2v) is 5.05. The molecule has 4 nitrogen and oxygen atoms in total. The molecule has 2 rings (SSSR count). The molecule has 1 aliphatic heterocycles. The Labute approximate surface area is 106 Å². The highest BCUT2D eigenvalue weighted by Gasteiger charge is 2.27. The van der Waals surface area contributed by atoms with E-state index in [1.807, 2.05) is 18.2 Å². The van der Waals surface area contributed by atoms with Gasteiger partial charge in [-0.25, -0.2) is 4.84 Å². The highest BCUT2D eigenvalue weighted by molar-refractivity contribution is 7.95. The molecule has 1 heterocycles. The summed E-state index contributed by atoms with van der Waals surface area (Å²) in [7, 11) is 5.49. The number of hydrogen-bond acceptors (Lipinski definition) is 4. The first-order valence-electron chi connectivity index (χ1n) is 5.53. The predicted molar refractivity (Wildman–Crippen MR) is 67.8 cm³/mol. The van der Waals surface area contributed by atoms with E-state index in [2.05, 4.69) is 7.05 Å². The van der Waals surface area contributed by atoms with E-state index in [4.69, 9.17) is 13.8 Å². The molecule has 1 unspecified atom stereocenters. The third kappa shape index (κ3) is 2.86. The van der Waals surface area contributed by atoms with Crippen molar-refractivity contribution in [1.29, 1.82) is 0 Å². The van der Waals surface area contributed by atoms with E-state index in [0.29, 0.717) is 4.65 Å². The number of ether oxygens (including phenoxy) is 1. The predicted octanol–water partition coefficient (Wildman–Crippen LogP) is 2.24. The molecule has 0 saturated heterocycles. The van der Waals surface area contributed by atoms with Crippen molar-refractivity contribution in [1.82, 2.24) is 0 Å². The fourth-order valence-corrected chi connectivity index (χ4v) is 2.65. The molecule has 0 bridgehead atoms. The summed E-state index contributed by atoms with van der Waals surface area (Å²) in [5.74, 6) is 2.66. The van der Waals surface area contributed by atoms with Gasteiger partial charge in [0.1, 0.15) is 24.6 Å². The largest absolute Gasteiger partial charge is 0.497 e. The molecule has 1 aromatic carbocycles. The third-order valence-corrected chi connectivity index (χ3v) is 3.66. The van der Waals surface area contributed by atoms with Crippen molar-refractivity contribution in [2.24, 2.45) is 0 Å². The van der Waals surface area contributed by atoms with Gasteiger partial charge >= 0.3 is 0 Å². The minimum Gasteiger partial charge on any atom is -0.497 e. The zero-order valence-electron chi connectivity index (χ0n) is 10.4. The maximum absolute atomic E-state index is 5.66. The van der Waals surface area contributed by atoms with Gasteiger partial charge in [0.2, 0.25) is 0 Å². The number of fused-ring (bicyclic) bond motifs is 1. The third-order valence-electron chi connectivity index (χ3n) is 3.01. The Morgan fingerprint density at radius 3 is 2.88 bits per heavy atom. The van der Waals surface area contributed by atoms with E-state index in [9.17, 15) is 0 Å². The summed E-state index contributed by atoms with van der Waals surface area (Å²) in [6.45, 7) is 1.70. The Bertz CT molecular complexity index is 399. The van der Waals surface area contributed by atoms with Crippen LogP contribution in [0.2, 0.25) is 0 Å². The van der Waals surface area contributed by atoms with Crippen LogP contribution < -0.4 is 8.92 Å². The minimum atomic E-state index is 0.552. The van der Waals surface area contributed by atoms with Crippen LogP contribution >= 0.6 is 12.0 Å². The fraction of sp³-hybridized carbons (Fsp3) is 0.500. The highest BCUT2D eigenvalue weighted by Crippen LogP contribution is 2.31. The van der Waals surface area contributed by atoms with Crippen LogP contribution in [0.1, 0.15) is 5.56 Å². The number of rotatable bonds is 2. The number of methoxy groups -OCH3 is 1. The Hall–Kier alpha value is -0.910. The van der Waals surface area contributed by atoms with Gasteiger partial charge in [0.05, 0.1) is 44.6 Å². The zero-order valence-corrected chi connectivity index (χ0v) is 11.3. The Morgan fingerprint density at radius 1 is 1.35 bits per heavy atom. The van der Waals surface area contributed by atoms with Crippen LogP contribution in [-0.2, 0) is 11.4 Å². The normalized spacial score (nSPS) is 24.2. The molecule has 94 valence electrons. The number of benzene rings is 1. The molecule has 0 aliphatic carbocycles. The first-order valence-corrected chi connectivity index (χ1v) is 6.44. The zero-order chi connectivity index (χ0) is 12.3. The molecule has 1 aliphatic rings. The van der Waals surface area contributed by atoms with Crippen LogP contribution in [-0.4, -0.2) is 38.2 Å². The number of hydroxylamine groups is 3. The lowest BCUT2D eigenvalue weighted by Gasteiger charge is -2.31. The maximum atomic E-state index is 5.66. The molecule has 0 N–H and O–H groups in total. The molecular formula is C12H18NO3S+. The molecular weight excluding hydrogens is 238 g/mol. The Morgan fingerprint density at radius 2 is 2.18 bits per heavy atom. The van der Waals surface area contributed by atoms with Crippen LogP contribution in [0.5, 0.6) is 11.5 Å². The molecule has 1 aromatic rings. The van der Waals surface area contributed by atoms with Crippen molar-refractivity contribution in [2.45, 2.75) is 6.54 Å². The topological polar surface area (TPSA) is 27.7 Å². The first kappa shape index (κ1) is 12.5. The van der Waals surface area contributed by atoms with Crippen molar-refractivity contribution < 1.29 is 18.4 Å². The lowest BCUT2D eigenvalue weighted by atomic mass is 10.1. The Balaban J connectivity index is 2.33. The van der Waals surface area contributed by atoms with Crippen molar-refractivity contribution in [3.63, 3.8) is 0 Å². The summed E-state index contributed by atoms with van der Waals surface area (Å²) in [5, 5.41) is 0. The molecule has 17 heavy (non-hydrogen) atoms. The van der Waals surface area contributed by atoms with Crippen LogP contribution in [0.25, 0.3) is 0 Å². The second-order valence-electron chi connectivity index (χ2n) is 4.24. The van der Waals surface area contributed by atoms with Gasteiger partial charge in [0.15, 0.2) is 0 Å². The average molecular weight is 256 g/mol. The summed E-state index contributed by atoms with van der Waals surface area (Å²) < 4.78 is 11.5. The lowest BCUT2D eigenvalue weighted by molar-refractivity contribution is -1.10. The van der Waals surface area contributed by atoms with E-state index in [0.717, 1.165) is 35.9 Å². The van der Waals surface area contributed by atoms with Crippen molar-refractivity contribution >= 4 is 12.0 Å². The van der Waals surface area contributed by atoms with Crippen LogP contribution in [0.3, 0.4) is 0 Å². The maximum Gasteiger partial charge on any atom is 0.146 e. The quantitative estimate of drug-likeness (QED) is 0.599. The van der Waals surface area contributed by atoms with Gasteiger partial charge in [-0.3, -0.25) is 0 Å². The fourth-order valence-electron chi connectivity index (χ4n) is 1.82. The molecule has 0 fully saturated rings. The number of hydrogen-bond donors (Lipinski definition) is 0. The highest BCUT2D eigenvalue weighted by atomic mass is 32.2. The van der Waals surface area contributed by atoms with E-state index >= 15 is 0 Å². The first-order chi connectivity index (χ1) is 8.17. The molecule has 0 spiro atoms. The van der Waals surface area contributed by atoms with E-state index in [-0.39, 0.29) is 0 Å². The Kier molecular flexibility index (Phi) is 3.81. The van der Waals surface area contributed by atoms with Gasteiger partial charge in [-0.1, -0.05) is 0 Å². The second kappa shape index (κ2) is 5.16. The van der Waals surface area contributed by atoms with Gasteiger partial charge in [-0.2, -0.15) is 4.65 Å². The van der Waals surface area contributed by atoms with Crippen molar-refractivity contribution in [3.8, 4) is 11.5 Å². The van der Waals surface area contributed by atoms with Gasteiger partial charge in [-0.05, 0) is 18.2 Å². The molecule has 0 amide bonds. The van der Waals surface area contributed by atoms with E-state index in [1.54, 1.807) is 14.2 Å². The van der Waals surface area contributed by atoms with Gasteiger partial charge in [0.25, 0.3) is 0 Å². The summed E-state index contributed by atoms with van der Waals surface area (Å²) in [6, 6.07) is 5.88. The summed E-state index contributed by atoms with van der Waals surface area (Å²) in [6.07, 6.45) is 0. The summed E-state index contributed by atoms with van der Waals surface area (Å²) in [4.78, 5) is 5.57. The molecule has 0 saturated carbocycles. The summed E-state index contributed by atoms with van der Waals surface area (Å²) >= 11 is 1.47. The van der Waals surface area contributed by atoms with E-state index in [1.165, 1.54) is 12.0 Å². The van der Waals surface area contributed by atoms with Crippen molar-refractivity contribution in [2.75, 3.05) is 33.6 Å². The van der Waals surface area contributed by atoms with Gasteiger partial charge < -0.3 is 8.92 Å². The minimum absolute atomic E-state index is 0.552. The molecule has 1 atom stereocenters. The standard InChI is InChI=1S/C12H18NO3S/c1-13(15-3)6-7-17-16-12-5-4-11(14-2)8-10(12)9-13/h4-5,8H,6-7,9H2,1-3H3/q+1. The van der Waals surface area contributed by atoms with Crippen LogP contribution in [0.15, 0.2) is 18.2 Å². The van der Waals surface area contributed by atoms with Crippen LogP contribution in [0.4, 0.5) is 0 Å². The van der Waals surface area contributed by atoms with Crippen molar-refractivity contribution in [3.05, 3.63) is 23.8 Å². The monoisotopic (exact) mass is 256 g/mol. The number of quaternary nitrogens is 1. The van der Waals surface area contributed by atoms with E-state index < -0.39 is 0 Å². The molecule has 5 heteroatoms.